The molecule has 1 fully saturated rings. The van der Waals surface area contributed by atoms with E-state index in [0.717, 1.165) is 36.6 Å². The maximum absolute atomic E-state index is 13.4. The van der Waals surface area contributed by atoms with E-state index in [9.17, 15) is 18.8 Å². The topological polar surface area (TPSA) is 69.7 Å². The van der Waals surface area contributed by atoms with Crippen molar-refractivity contribution in [1.82, 2.24) is 4.90 Å². The first kappa shape index (κ1) is 22.6. The Morgan fingerprint density at radius 1 is 1.09 bits per heavy atom. The summed E-state index contributed by atoms with van der Waals surface area (Å²) in [6.07, 6.45) is 4.02. The van der Waals surface area contributed by atoms with Gasteiger partial charge in [0, 0.05) is 23.7 Å². The summed E-state index contributed by atoms with van der Waals surface area (Å²) in [5.41, 5.74) is 0.917. The third-order valence-electron chi connectivity index (χ3n) is 5.54. The van der Waals surface area contributed by atoms with E-state index in [4.69, 9.17) is 11.6 Å². The molecule has 0 bridgehead atoms. The van der Waals surface area contributed by atoms with Crippen LogP contribution < -0.4 is 10.2 Å². The van der Waals surface area contributed by atoms with Gasteiger partial charge in [-0.1, -0.05) is 36.6 Å². The number of nitrogens with one attached hydrogen (secondary N) is 1. The average molecular weight is 476 g/mol. The number of fused-ring (bicyclic) bond motifs is 1. The van der Waals surface area contributed by atoms with Crippen LogP contribution in [0.3, 0.4) is 0 Å². The molecule has 6 nitrogen and oxygen atoms in total. The zero-order chi connectivity index (χ0) is 22.7. The molecule has 0 spiro atoms. The average Bonchev–Trinajstić information content (AvgIpc) is 3.07. The Bertz CT molecular complexity index is 1040. The molecule has 3 amide bonds. The second kappa shape index (κ2) is 9.92. The lowest BCUT2D eigenvalue weighted by atomic mass is 10.2. The summed E-state index contributed by atoms with van der Waals surface area (Å²) in [6, 6.07) is 11.1. The van der Waals surface area contributed by atoms with E-state index < -0.39 is 22.9 Å². The molecular formula is C23H23ClFN3O3S. The third kappa shape index (κ3) is 4.91. The molecule has 1 atom stereocenters. The number of likely N-dealkylation sites (tertiary alicyclic amines) is 1. The van der Waals surface area contributed by atoms with Crippen molar-refractivity contribution < 1.29 is 18.8 Å². The van der Waals surface area contributed by atoms with E-state index in [2.05, 4.69) is 5.32 Å². The molecular weight excluding hydrogens is 453 g/mol. The third-order valence-corrected chi connectivity index (χ3v) is 7.07. The number of nitrogens with zero attached hydrogens (tertiary/aromatic N) is 2. The fourth-order valence-electron chi connectivity index (χ4n) is 3.91. The molecule has 1 saturated heterocycles. The van der Waals surface area contributed by atoms with Crippen molar-refractivity contribution in [2.75, 3.05) is 29.9 Å². The van der Waals surface area contributed by atoms with Crippen molar-refractivity contribution >= 4 is 52.5 Å². The summed E-state index contributed by atoms with van der Waals surface area (Å²) >= 11 is 7.02. The zero-order valence-electron chi connectivity index (χ0n) is 17.4. The molecule has 2 heterocycles. The van der Waals surface area contributed by atoms with Crippen LogP contribution in [0.2, 0.25) is 5.02 Å². The fourth-order valence-corrected chi connectivity index (χ4v) is 5.28. The maximum atomic E-state index is 13.4. The minimum atomic E-state index is -0.920. The van der Waals surface area contributed by atoms with Gasteiger partial charge in [0.2, 0.25) is 11.8 Å². The maximum Gasteiger partial charge on any atom is 0.250 e. The largest absolute Gasteiger partial charge is 0.341 e. The fraction of sp³-hybridized carbons (Fsp3) is 0.348. The summed E-state index contributed by atoms with van der Waals surface area (Å²) in [5.74, 6) is -1.66. The number of carbonyl (C=O) groups excluding carboxylic acids is 3. The summed E-state index contributed by atoms with van der Waals surface area (Å²) in [6.45, 7) is 1.03. The van der Waals surface area contributed by atoms with Crippen LogP contribution in [0, 0.1) is 5.82 Å². The number of anilines is 2. The second-order valence-corrected chi connectivity index (χ2v) is 9.36. The summed E-state index contributed by atoms with van der Waals surface area (Å²) in [5, 5.41) is 1.61. The highest BCUT2D eigenvalue weighted by atomic mass is 35.5. The Kier molecular flexibility index (Phi) is 7.01. The first-order valence-corrected chi connectivity index (χ1v) is 11.8. The van der Waals surface area contributed by atoms with Crippen molar-refractivity contribution in [3.8, 4) is 0 Å². The van der Waals surface area contributed by atoms with Gasteiger partial charge >= 0.3 is 0 Å². The molecule has 4 rings (SSSR count). The highest BCUT2D eigenvalue weighted by Gasteiger charge is 2.40. The number of rotatable bonds is 4. The lowest BCUT2D eigenvalue weighted by Gasteiger charge is -2.34. The van der Waals surface area contributed by atoms with Crippen LogP contribution in [-0.4, -0.2) is 47.5 Å². The van der Waals surface area contributed by atoms with Gasteiger partial charge in [-0.3, -0.25) is 14.4 Å². The van der Waals surface area contributed by atoms with Gasteiger partial charge in [0.1, 0.15) is 12.4 Å². The molecule has 2 aliphatic heterocycles. The number of hydrogen-bond donors (Lipinski definition) is 1. The van der Waals surface area contributed by atoms with E-state index in [1.807, 2.05) is 12.1 Å². The van der Waals surface area contributed by atoms with Crippen molar-refractivity contribution in [3.05, 3.63) is 53.3 Å². The zero-order valence-corrected chi connectivity index (χ0v) is 18.9. The van der Waals surface area contributed by atoms with Gasteiger partial charge in [0.15, 0.2) is 5.25 Å². The van der Waals surface area contributed by atoms with Gasteiger partial charge in [0.25, 0.3) is 5.91 Å². The quantitative estimate of drug-likeness (QED) is 0.668. The van der Waals surface area contributed by atoms with Gasteiger partial charge < -0.3 is 15.1 Å². The van der Waals surface area contributed by atoms with Crippen LogP contribution in [0.5, 0.6) is 0 Å². The number of para-hydroxylation sites is 1. The number of hydrogen-bond acceptors (Lipinski definition) is 4. The molecule has 0 radical (unpaired) electrons. The summed E-state index contributed by atoms with van der Waals surface area (Å²) in [4.78, 5) is 43.2. The molecule has 32 heavy (non-hydrogen) atoms. The highest BCUT2D eigenvalue weighted by Crippen LogP contribution is 2.40. The van der Waals surface area contributed by atoms with Gasteiger partial charge in [0.05, 0.1) is 10.7 Å². The SMILES string of the molecule is O=C(CN1C(=O)C(C(=O)N2CCCCCC2)Sc2ccccc21)Nc1ccc(F)c(Cl)c1. The van der Waals surface area contributed by atoms with Gasteiger partial charge in [-0.15, -0.1) is 11.8 Å². The predicted octanol–water partition coefficient (Wildman–Crippen LogP) is 4.33. The Labute approximate surface area is 195 Å². The molecule has 0 saturated carbocycles. The Morgan fingerprint density at radius 3 is 2.53 bits per heavy atom. The van der Waals surface area contributed by atoms with Crippen molar-refractivity contribution in [1.29, 1.82) is 0 Å². The number of carbonyl (C=O) groups is 3. The Morgan fingerprint density at radius 2 is 1.81 bits per heavy atom. The molecule has 2 aliphatic rings. The summed E-state index contributed by atoms with van der Waals surface area (Å²) < 4.78 is 13.4. The Balaban J connectivity index is 1.54. The van der Waals surface area contributed by atoms with Gasteiger partial charge in [-0.05, 0) is 43.2 Å². The van der Waals surface area contributed by atoms with Crippen LogP contribution in [0.15, 0.2) is 47.4 Å². The van der Waals surface area contributed by atoms with Crippen molar-refractivity contribution in [2.24, 2.45) is 0 Å². The van der Waals surface area contributed by atoms with Crippen molar-refractivity contribution in [3.63, 3.8) is 0 Å². The minimum Gasteiger partial charge on any atom is -0.341 e. The summed E-state index contributed by atoms with van der Waals surface area (Å²) in [7, 11) is 0. The molecule has 1 unspecified atom stereocenters. The molecule has 2 aromatic carbocycles. The van der Waals surface area contributed by atoms with E-state index in [-0.39, 0.29) is 17.5 Å². The molecule has 2 aromatic rings. The van der Waals surface area contributed by atoms with E-state index >= 15 is 0 Å². The number of thioether (sulfide) groups is 1. The highest BCUT2D eigenvalue weighted by molar-refractivity contribution is 8.01. The standard InChI is InChI=1S/C23H23ClFN3O3S/c24-16-13-15(9-10-17(16)25)26-20(29)14-28-18-7-3-4-8-19(18)32-21(23(28)31)22(30)27-11-5-1-2-6-12-27/h3-4,7-10,13,21H,1-2,5-6,11-12,14H2,(H,26,29). The number of benzene rings is 2. The number of amides is 3. The molecule has 0 aromatic heterocycles. The van der Waals surface area contributed by atoms with E-state index in [1.165, 1.54) is 28.8 Å². The van der Waals surface area contributed by atoms with Crippen LogP contribution in [0.25, 0.3) is 0 Å². The van der Waals surface area contributed by atoms with Crippen LogP contribution in [0.4, 0.5) is 15.8 Å². The number of halogens is 2. The minimum absolute atomic E-state index is 0.110. The van der Waals surface area contributed by atoms with Gasteiger partial charge in [-0.2, -0.15) is 0 Å². The normalized spacial score (nSPS) is 18.7. The first-order chi connectivity index (χ1) is 15.4. The van der Waals surface area contributed by atoms with E-state index in [0.29, 0.717) is 24.5 Å². The molecule has 9 heteroatoms. The van der Waals surface area contributed by atoms with Crippen LogP contribution in [0.1, 0.15) is 25.7 Å². The monoisotopic (exact) mass is 475 g/mol. The van der Waals surface area contributed by atoms with Gasteiger partial charge in [-0.25, -0.2) is 4.39 Å². The van der Waals surface area contributed by atoms with Crippen LogP contribution in [-0.2, 0) is 14.4 Å². The second-order valence-electron chi connectivity index (χ2n) is 7.81. The van der Waals surface area contributed by atoms with Crippen LogP contribution >= 0.6 is 23.4 Å². The predicted molar refractivity (Wildman–Crippen MR) is 124 cm³/mol. The lowest BCUT2D eigenvalue weighted by Crippen LogP contribution is -2.51. The smallest absolute Gasteiger partial charge is 0.250 e. The molecule has 1 N–H and O–H groups in total. The lowest BCUT2D eigenvalue weighted by molar-refractivity contribution is -0.135. The molecule has 168 valence electrons. The Hall–Kier alpha value is -2.58. The molecule has 0 aliphatic carbocycles. The van der Waals surface area contributed by atoms with E-state index in [1.54, 1.807) is 17.0 Å². The van der Waals surface area contributed by atoms with Crippen molar-refractivity contribution in [2.45, 2.75) is 35.8 Å². The first-order valence-electron chi connectivity index (χ1n) is 10.5.